The van der Waals surface area contributed by atoms with E-state index in [2.05, 4.69) is 51.5 Å². The summed E-state index contributed by atoms with van der Waals surface area (Å²) in [7, 11) is 0. The van der Waals surface area contributed by atoms with E-state index in [1.165, 1.54) is 16.7 Å². The number of allylic oxidation sites excluding steroid dienone is 1. The number of hydrogen-bond acceptors (Lipinski definition) is 3. The molecule has 4 nitrogen and oxygen atoms in total. The third kappa shape index (κ3) is 2.26. The highest BCUT2D eigenvalue weighted by Gasteiger charge is 2.18. The predicted molar refractivity (Wildman–Crippen MR) is 98.2 cm³/mol. The van der Waals surface area contributed by atoms with E-state index in [0.717, 1.165) is 34.5 Å². The molecular weight excluding hydrogens is 308 g/mol. The smallest absolute Gasteiger partial charge is 0.0746 e. The number of rotatable bonds is 2. The summed E-state index contributed by atoms with van der Waals surface area (Å²) >= 11 is 0. The van der Waals surface area contributed by atoms with E-state index in [9.17, 15) is 0 Å². The number of fused-ring (bicyclic) bond motifs is 2. The lowest BCUT2D eigenvalue weighted by Gasteiger charge is -2.08. The first kappa shape index (κ1) is 14.1. The highest BCUT2D eigenvalue weighted by Crippen LogP contribution is 2.33. The molecule has 0 amide bonds. The van der Waals surface area contributed by atoms with Gasteiger partial charge in [-0.05, 0) is 42.3 Å². The Labute approximate surface area is 145 Å². The Kier molecular flexibility index (Phi) is 3.04. The quantitative estimate of drug-likeness (QED) is 0.558. The van der Waals surface area contributed by atoms with Gasteiger partial charge in [-0.2, -0.15) is 5.10 Å². The van der Waals surface area contributed by atoms with Crippen molar-refractivity contribution in [2.45, 2.75) is 13.3 Å². The molecule has 4 aromatic rings. The summed E-state index contributed by atoms with van der Waals surface area (Å²) in [5, 5.41) is 4.48. The van der Waals surface area contributed by atoms with Gasteiger partial charge < -0.3 is 0 Å². The van der Waals surface area contributed by atoms with E-state index in [-0.39, 0.29) is 0 Å². The van der Waals surface area contributed by atoms with Gasteiger partial charge in [-0.3, -0.25) is 9.97 Å². The topological polar surface area (TPSA) is 43.1 Å². The van der Waals surface area contributed by atoms with Crippen molar-refractivity contribution < 1.29 is 0 Å². The number of nitrogens with zero attached hydrogens (tertiary/aromatic N) is 4. The zero-order valence-electron chi connectivity index (χ0n) is 13.8. The van der Waals surface area contributed by atoms with Gasteiger partial charge in [-0.25, -0.2) is 4.52 Å². The Hall–Kier alpha value is -3.27. The zero-order chi connectivity index (χ0) is 16.8. The SMILES string of the molecule is Cc1ccc2c(n1)CC=C2c1ccn2ncc(-c3cccnc3)c2c1. The van der Waals surface area contributed by atoms with Gasteiger partial charge >= 0.3 is 0 Å². The summed E-state index contributed by atoms with van der Waals surface area (Å²) in [5.74, 6) is 0. The summed E-state index contributed by atoms with van der Waals surface area (Å²) in [4.78, 5) is 8.90. The molecule has 0 saturated heterocycles. The van der Waals surface area contributed by atoms with Crippen molar-refractivity contribution in [1.29, 1.82) is 0 Å². The summed E-state index contributed by atoms with van der Waals surface area (Å²) in [6.07, 6.45) is 10.7. The Bertz CT molecular complexity index is 1120. The van der Waals surface area contributed by atoms with Crippen molar-refractivity contribution in [3.8, 4) is 11.1 Å². The molecule has 0 fully saturated rings. The molecular formula is C21H16N4. The Balaban J connectivity index is 1.65. The fraction of sp³-hybridized carbons (Fsp3) is 0.0952. The van der Waals surface area contributed by atoms with Crippen LogP contribution in [0.15, 0.2) is 67.3 Å². The summed E-state index contributed by atoms with van der Waals surface area (Å²) < 4.78 is 1.91. The van der Waals surface area contributed by atoms with Crippen LogP contribution < -0.4 is 0 Å². The molecule has 1 aliphatic carbocycles. The molecule has 0 atom stereocenters. The Morgan fingerprint density at radius 2 is 1.96 bits per heavy atom. The van der Waals surface area contributed by atoms with E-state index in [4.69, 9.17) is 0 Å². The minimum absolute atomic E-state index is 0.895. The molecule has 0 spiro atoms. The van der Waals surface area contributed by atoms with Crippen LogP contribution in [-0.4, -0.2) is 19.6 Å². The van der Waals surface area contributed by atoms with Crippen LogP contribution in [0, 0.1) is 6.92 Å². The van der Waals surface area contributed by atoms with Gasteiger partial charge in [0.15, 0.2) is 0 Å². The third-order valence-electron chi connectivity index (χ3n) is 4.71. The minimum Gasteiger partial charge on any atom is -0.264 e. The molecule has 5 rings (SSSR count). The number of aryl methyl sites for hydroxylation is 1. The van der Waals surface area contributed by atoms with Crippen molar-refractivity contribution in [3.05, 3.63) is 89.8 Å². The average Bonchev–Trinajstić information content (AvgIpc) is 3.25. The maximum atomic E-state index is 4.67. The zero-order valence-corrected chi connectivity index (χ0v) is 13.8. The first-order chi connectivity index (χ1) is 12.3. The molecule has 25 heavy (non-hydrogen) atoms. The predicted octanol–water partition coefficient (Wildman–Crippen LogP) is 4.09. The van der Waals surface area contributed by atoms with E-state index < -0.39 is 0 Å². The van der Waals surface area contributed by atoms with Crippen LogP contribution in [0.1, 0.15) is 22.5 Å². The van der Waals surface area contributed by atoms with Crippen molar-refractivity contribution in [2.75, 3.05) is 0 Å². The molecule has 4 heteroatoms. The van der Waals surface area contributed by atoms with Crippen LogP contribution in [-0.2, 0) is 6.42 Å². The van der Waals surface area contributed by atoms with Gasteiger partial charge in [0.1, 0.15) is 0 Å². The molecule has 0 saturated carbocycles. The number of aromatic nitrogens is 4. The monoisotopic (exact) mass is 324 g/mol. The normalized spacial score (nSPS) is 13.1. The molecule has 1 aliphatic rings. The van der Waals surface area contributed by atoms with Crippen LogP contribution in [0.3, 0.4) is 0 Å². The molecule has 120 valence electrons. The van der Waals surface area contributed by atoms with Crippen LogP contribution in [0.4, 0.5) is 0 Å². The molecule has 0 N–H and O–H groups in total. The van der Waals surface area contributed by atoms with Gasteiger partial charge in [-0.1, -0.05) is 18.2 Å². The lowest BCUT2D eigenvalue weighted by atomic mass is 10.0. The third-order valence-corrected chi connectivity index (χ3v) is 4.71. The molecule has 0 bridgehead atoms. The van der Waals surface area contributed by atoms with E-state index in [0.29, 0.717) is 0 Å². The van der Waals surface area contributed by atoms with Crippen molar-refractivity contribution in [1.82, 2.24) is 19.6 Å². The molecule has 4 heterocycles. The fourth-order valence-electron chi connectivity index (χ4n) is 3.49. The second-order valence-electron chi connectivity index (χ2n) is 6.31. The highest BCUT2D eigenvalue weighted by molar-refractivity contribution is 5.88. The summed E-state index contributed by atoms with van der Waals surface area (Å²) in [5.41, 5.74) is 9.17. The van der Waals surface area contributed by atoms with Crippen LogP contribution in [0.25, 0.3) is 22.2 Å². The molecule has 0 aromatic carbocycles. The first-order valence-electron chi connectivity index (χ1n) is 8.35. The Morgan fingerprint density at radius 1 is 1.00 bits per heavy atom. The summed E-state index contributed by atoms with van der Waals surface area (Å²) in [6.45, 7) is 2.04. The lowest BCUT2D eigenvalue weighted by Crippen LogP contribution is -1.94. The highest BCUT2D eigenvalue weighted by atomic mass is 15.2. The van der Waals surface area contributed by atoms with E-state index in [1.54, 1.807) is 6.20 Å². The van der Waals surface area contributed by atoms with Gasteiger partial charge in [0.2, 0.25) is 0 Å². The van der Waals surface area contributed by atoms with Crippen LogP contribution in [0.5, 0.6) is 0 Å². The summed E-state index contributed by atoms with van der Waals surface area (Å²) in [6, 6.07) is 12.6. The van der Waals surface area contributed by atoms with Crippen molar-refractivity contribution >= 4 is 11.1 Å². The minimum atomic E-state index is 0.895. The molecule has 4 aromatic heterocycles. The second-order valence-corrected chi connectivity index (χ2v) is 6.31. The van der Waals surface area contributed by atoms with Gasteiger partial charge in [0.25, 0.3) is 0 Å². The first-order valence-corrected chi connectivity index (χ1v) is 8.35. The van der Waals surface area contributed by atoms with Gasteiger partial charge in [0.05, 0.1) is 17.4 Å². The van der Waals surface area contributed by atoms with Gasteiger partial charge in [-0.15, -0.1) is 0 Å². The molecule has 0 aliphatic heterocycles. The van der Waals surface area contributed by atoms with Crippen LogP contribution in [0.2, 0.25) is 0 Å². The van der Waals surface area contributed by atoms with Crippen molar-refractivity contribution in [2.24, 2.45) is 0 Å². The second kappa shape index (κ2) is 5.38. The Morgan fingerprint density at radius 3 is 2.84 bits per heavy atom. The molecule has 0 unspecified atom stereocenters. The van der Waals surface area contributed by atoms with E-state index >= 15 is 0 Å². The molecule has 0 radical (unpaired) electrons. The van der Waals surface area contributed by atoms with Crippen LogP contribution >= 0.6 is 0 Å². The van der Waals surface area contributed by atoms with Gasteiger partial charge in [0, 0.05) is 47.4 Å². The number of pyridine rings is 3. The van der Waals surface area contributed by atoms with E-state index in [1.807, 2.05) is 36.1 Å². The number of hydrogen-bond donors (Lipinski definition) is 0. The average molecular weight is 324 g/mol. The lowest BCUT2D eigenvalue weighted by molar-refractivity contribution is 0.960. The largest absolute Gasteiger partial charge is 0.264 e. The standard InChI is InChI=1S/C21H16N4/c1-14-4-5-18-17(6-7-20(18)24-14)15-8-10-25-21(11-15)19(13-23-25)16-3-2-9-22-12-16/h2-6,8-13H,7H2,1H3. The maximum absolute atomic E-state index is 4.67. The van der Waals surface area contributed by atoms with Crippen molar-refractivity contribution in [3.63, 3.8) is 0 Å². The maximum Gasteiger partial charge on any atom is 0.0746 e. The fourth-order valence-corrected chi connectivity index (χ4v) is 3.49.